The molecule has 4 N–H and O–H groups in total. The number of pyridine rings is 1. The zero-order valence-corrected chi connectivity index (χ0v) is 12.4. The molecule has 10 heteroatoms. The van der Waals surface area contributed by atoms with E-state index < -0.39 is 21.3 Å². The number of H-pyrrole nitrogens is 2. The summed E-state index contributed by atoms with van der Waals surface area (Å²) < 4.78 is 27.3. The lowest BCUT2D eigenvalue weighted by atomic mass is 10.1. The Kier molecular flexibility index (Phi) is 3.81. The number of rotatable bonds is 3. The smallest absolute Gasteiger partial charge is 0.317 e. The number of nitrogens with zero attached hydrogens (tertiary/aromatic N) is 1. The monoisotopic (exact) mass is 325 g/mol. The Morgan fingerprint density at radius 3 is 2.64 bits per heavy atom. The number of hydrogen-bond acceptors (Lipinski definition) is 6. The van der Waals surface area contributed by atoms with E-state index in [1.54, 1.807) is 0 Å². The third-order valence-corrected chi connectivity index (χ3v) is 5.02. The highest BCUT2D eigenvalue weighted by Crippen LogP contribution is 2.13. The molecule has 0 unspecified atom stereocenters. The molecule has 0 aliphatic carbocycles. The lowest BCUT2D eigenvalue weighted by molar-refractivity contribution is 0.427. The van der Waals surface area contributed by atoms with E-state index in [0.717, 1.165) is 19.3 Å². The van der Waals surface area contributed by atoms with Crippen LogP contribution in [0, 0.1) is 0 Å². The van der Waals surface area contributed by atoms with E-state index >= 15 is 0 Å². The quantitative estimate of drug-likeness (QED) is 0.550. The molecule has 1 aliphatic rings. The van der Waals surface area contributed by atoms with Crippen molar-refractivity contribution in [2.24, 2.45) is 0 Å². The van der Waals surface area contributed by atoms with E-state index in [2.05, 4.69) is 20.0 Å². The van der Waals surface area contributed by atoms with E-state index in [0.29, 0.717) is 12.8 Å². The average molecular weight is 325 g/mol. The van der Waals surface area contributed by atoms with Gasteiger partial charge in [-0.1, -0.05) is 0 Å². The first-order valence-electron chi connectivity index (χ1n) is 6.81. The van der Waals surface area contributed by atoms with Crippen LogP contribution in [-0.4, -0.2) is 42.5 Å². The highest BCUT2D eigenvalue weighted by molar-refractivity contribution is 7.89. The van der Waals surface area contributed by atoms with Gasteiger partial charge in [-0.25, -0.2) is 22.9 Å². The fourth-order valence-electron chi connectivity index (χ4n) is 2.40. The molecule has 0 amide bonds. The molecule has 2 aromatic heterocycles. The molecule has 0 spiro atoms. The zero-order chi connectivity index (χ0) is 15.7. The van der Waals surface area contributed by atoms with Crippen LogP contribution in [0.4, 0.5) is 0 Å². The zero-order valence-electron chi connectivity index (χ0n) is 11.5. The Bertz CT molecular complexity index is 911. The number of aromatic nitrogens is 3. The molecule has 2 aromatic rings. The molecule has 0 saturated carbocycles. The molecular weight excluding hydrogens is 310 g/mol. The van der Waals surface area contributed by atoms with Crippen LogP contribution >= 0.6 is 0 Å². The summed E-state index contributed by atoms with van der Waals surface area (Å²) in [5, 5.41) is 3.17. The van der Waals surface area contributed by atoms with Gasteiger partial charge in [-0.2, -0.15) is 0 Å². The van der Waals surface area contributed by atoms with Crippen molar-refractivity contribution in [2.45, 2.75) is 23.8 Å². The molecule has 0 bridgehead atoms. The highest BCUT2D eigenvalue weighted by Gasteiger charge is 2.22. The summed E-state index contributed by atoms with van der Waals surface area (Å²) in [5.74, 6) is 0. The molecule has 3 rings (SSSR count). The molecule has 22 heavy (non-hydrogen) atoms. The summed E-state index contributed by atoms with van der Waals surface area (Å²) in [7, 11) is -3.76. The summed E-state index contributed by atoms with van der Waals surface area (Å²) in [4.78, 5) is 31.0. The Labute approximate surface area is 125 Å². The van der Waals surface area contributed by atoms with Gasteiger partial charge in [-0.15, -0.1) is 0 Å². The number of hydrogen-bond donors (Lipinski definition) is 4. The van der Waals surface area contributed by atoms with Crippen LogP contribution in [0.3, 0.4) is 0 Å². The molecule has 1 aliphatic heterocycles. The van der Waals surface area contributed by atoms with Crippen molar-refractivity contribution in [1.29, 1.82) is 0 Å². The van der Waals surface area contributed by atoms with Crippen LogP contribution in [0.5, 0.6) is 0 Å². The topological polar surface area (TPSA) is 137 Å². The van der Waals surface area contributed by atoms with Gasteiger partial charge in [0.2, 0.25) is 10.0 Å². The summed E-state index contributed by atoms with van der Waals surface area (Å²) in [6, 6.07) is 1.07. The van der Waals surface area contributed by atoms with E-state index in [1.165, 1.54) is 6.07 Å². The second kappa shape index (κ2) is 5.63. The van der Waals surface area contributed by atoms with Crippen LogP contribution in [0.2, 0.25) is 0 Å². The van der Waals surface area contributed by atoms with Crippen molar-refractivity contribution in [3.05, 3.63) is 33.1 Å². The van der Waals surface area contributed by atoms with Gasteiger partial charge in [0.1, 0.15) is 10.5 Å². The normalized spacial score (nSPS) is 16.9. The van der Waals surface area contributed by atoms with Gasteiger partial charge in [-0.05, 0) is 32.0 Å². The van der Waals surface area contributed by atoms with Crippen molar-refractivity contribution < 1.29 is 8.42 Å². The molecule has 0 radical (unpaired) electrons. The molecule has 1 fully saturated rings. The van der Waals surface area contributed by atoms with Gasteiger partial charge in [0.25, 0.3) is 5.56 Å². The third kappa shape index (κ3) is 2.93. The van der Waals surface area contributed by atoms with Crippen LogP contribution in [0.15, 0.2) is 26.7 Å². The van der Waals surface area contributed by atoms with E-state index in [-0.39, 0.29) is 22.0 Å². The molecular formula is C12H15N5O4S. The molecule has 3 heterocycles. The maximum atomic E-state index is 12.4. The predicted molar refractivity (Wildman–Crippen MR) is 79.2 cm³/mol. The van der Waals surface area contributed by atoms with Crippen molar-refractivity contribution in [1.82, 2.24) is 25.0 Å². The summed E-state index contributed by atoms with van der Waals surface area (Å²) in [6.45, 7) is 1.51. The first kappa shape index (κ1) is 14.9. The van der Waals surface area contributed by atoms with E-state index in [9.17, 15) is 18.0 Å². The lowest BCUT2D eigenvalue weighted by Gasteiger charge is -2.23. The average Bonchev–Trinajstić information content (AvgIpc) is 2.47. The molecule has 9 nitrogen and oxygen atoms in total. The number of nitrogens with one attached hydrogen (secondary N) is 4. The van der Waals surface area contributed by atoms with Gasteiger partial charge in [0, 0.05) is 12.2 Å². The summed E-state index contributed by atoms with van der Waals surface area (Å²) in [5.41, 5.74) is -1.31. The minimum absolute atomic E-state index is 0.0211. The second-order valence-corrected chi connectivity index (χ2v) is 6.83. The van der Waals surface area contributed by atoms with Gasteiger partial charge >= 0.3 is 5.69 Å². The van der Waals surface area contributed by atoms with Crippen molar-refractivity contribution in [3.8, 4) is 0 Å². The van der Waals surface area contributed by atoms with Gasteiger partial charge < -0.3 is 5.32 Å². The van der Waals surface area contributed by atoms with E-state index in [4.69, 9.17) is 0 Å². The van der Waals surface area contributed by atoms with Gasteiger partial charge in [0.15, 0.2) is 0 Å². The minimum Gasteiger partial charge on any atom is -0.317 e. The molecule has 0 atom stereocenters. The first-order chi connectivity index (χ1) is 10.5. The minimum atomic E-state index is -3.76. The fourth-order valence-corrected chi connectivity index (χ4v) is 3.68. The molecule has 1 saturated heterocycles. The Balaban J connectivity index is 1.98. The lowest BCUT2D eigenvalue weighted by Crippen LogP contribution is -2.42. The first-order valence-corrected chi connectivity index (χ1v) is 8.29. The largest absolute Gasteiger partial charge is 0.327 e. The number of piperidine rings is 1. The maximum absolute atomic E-state index is 12.4. The number of sulfonamides is 1. The van der Waals surface area contributed by atoms with Crippen molar-refractivity contribution >= 4 is 21.1 Å². The number of fused-ring (bicyclic) bond motifs is 1. The number of aromatic amines is 2. The van der Waals surface area contributed by atoms with Crippen LogP contribution in [-0.2, 0) is 10.0 Å². The Hall–Kier alpha value is -2.04. The maximum Gasteiger partial charge on any atom is 0.327 e. The third-order valence-electron chi connectivity index (χ3n) is 3.54. The Morgan fingerprint density at radius 1 is 1.18 bits per heavy atom. The van der Waals surface area contributed by atoms with Gasteiger partial charge in [-0.3, -0.25) is 14.8 Å². The molecule has 118 valence electrons. The second-order valence-electron chi connectivity index (χ2n) is 5.12. The van der Waals surface area contributed by atoms with Crippen LogP contribution < -0.4 is 21.3 Å². The fraction of sp³-hybridized carbons (Fsp3) is 0.417. The van der Waals surface area contributed by atoms with Crippen LogP contribution in [0.25, 0.3) is 11.0 Å². The highest BCUT2D eigenvalue weighted by atomic mass is 32.2. The van der Waals surface area contributed by atoms with Crippen molar-refractivity contribution in [3.63, 3.8) is 0 Å². The summed E-state index contributed by atoms with van der Waals surface area (Å²) >= 11 is 0. The summed E-state index contributed by atoms with van der Waals surface area (Å²) in [6.07, 6.45) is 2.53. The standard InChI is InChI=1S/C12H15N5O4S/c18-11-9-5-8(6-14-10(9)15-12(19)16-11)22(20,21)17-7-1-3-13-4-2-7/h5-7,13,17H,1-4H2,(H2,14,15,16,18,19). The molecule has 0 aromatic carbocycles. The Morgan fingerprint density at radius 2 is 1.91 bits per heavy atom. The van der Waals surface area contributed by atoms with Crippen LogP contribution in [0.1, 0.15) is 12.8 Å². The van der Waals surface area contributed by atoms with E-state index in [1.807, 2.05) is 4.98 Å². The SMILES string of the molecule is O=c1[nH]c(=O)c2cc(S(=O)(=O)NC3CCNCC3)cnc2[nH]1. The van der Waals surface area contributed by atoms with Gasteiger partial charge in [0.05, 0.1) is 5.39 Å². The van der Waals surface area contributed by atoms with Crippen molar-refractivity contribution in [2.75, 3.05) is 13.1 Å². The predicted octanol–water partition coefficient (Wildman–Crippen LogP) is -1.36.